The summed E-state index contributed by atoms with van der Waals surface area (Å²) in [6, 6.07) is 4.29. The first kappa shape index (κ1) is 22.7. The lowest BCUT2D eigenvalue weighted by atomic mass is 10.1. The topological polar surface area (TPSA) is 77.0 Å². The van der Waals surface area contributed by atoms with E-state index in [-0.39, 0.29) is 54.4 Å². The average molecular weight is 493 g/mol. The van der Waals surface area contributed by atoms with Gasteiger partial charge in [-0.1, -0.05) is 6.07 Å². The monoisotopic (exact) mass is 493 g/mol. The maximum absolute atomic E-state index is 11.9. The van der Waals surface area contributed by atoms with Gasteiger partial charge in [0.05, 0.1) is 6.04 Å². The van der Waals surface area contributed by atoms with Gasteiger partial charge in [0.25, 0.3) is 0 Å². The standard InChI is InChI=1S/C17H27N5O2S.HI/c1-12(14-6-5-9-25-14)19-17(18-10-16(24)21(2)3)20-13-7-8-15(23)22(4)11-13;/h5-6,9,12-13H,7-8,10-11H2,1-4H3,(H2,18,19,20);1H. The predicted molar refractivity (Wildman–Crippen MR) is 116 cm³/mol. The molecule has 1 aliphatic rings. The molecule has 2 atom stereocenters. The first-order valence-electron chi connectivity index (χ1n) is 8.42. The van der Waals surface area contributed by atoms with Gasteiger partial charge in [0.2, 0.25) is 11.8 Å². The third-order valence-electron chi connectivity index (χ3n) is 4.16. The van der Waals surface area contributed by atoms with Crippen molar-refractivity contribution in [2.45, 2.75) is 31.8 Å². The van der Waals surface area contributed by atoms with Crippen LogP contribution in [0.4, 0.5) is 0 Å². The molecule has 1 saturated heterocycles. The highest BCUT2D eigenvalue weighted by molar-refractivity contribution is 14.0. The van der Waals surface area contributed by atoms with Crippen LogP contribution in [0.5, 0.6) is 0 Å². The van der Waals surface area contributed by atoms with E-state index in [0.717, 1.165) is 6.42 Å². The van der Waals surface area contributed by atoms with Gasteiger partial charge < -0.3 is 20.4 Å². The first-order chi connectivity index (χ1) is 11.9. The van der Waals surface area contributed by atoms with E-state index in [1.54, 1.807) is 30.3 Å². The molecule has 2 rings (SSSR count). The lowest BCUT2D eigenvalue weighted by Gasteiger charge is -2.31. The van der Waals surface area contributed by atoms with E-state index >= 15 is 0 Å². The Morgan fingerprint density at radius 1 is 1.50 bits per heavy atom. The molecule has 2 heterocycles. The smallest absolute Gasteiger partial charge is 0.243 e. The number of likely N-dealkylation sites (tertiary alicyclic amines) is 1. The molecule has 2 amide bonds. The summed E-state index contributed by atoms with van der Waals surface area (Å²) in [5.41, 5.74) is 0. The lowest BCUT2D eigenvalue weighted by Crippen LogP contribution is -2.52. The van der Waals surface area contributed by atoms with E-state index in [2.05, 4.69) is 28.6 Å². The molecular weight excluding hydrogens is 465 g/mol. The zero-order valence-electron chi connectivity index (χ0n) is 15.7. The Morgan fingerprint density at radius 2 is 2.23 bits per heavy atom. The highest BCUT2D eigenvalue weighted by Gasteiger charge is 2.24. The van der Waals surface area contributed by atoms with Crippen LogP contribution in [0.2, 0.25) is 0 Å². The van der Waals surface area contributed by atoms with Crippen molar-refractivity contribution in [1.29, 1.82) is 0 Å². The molecule has 0 aliphatic carbocycles. The van der Waals surface area contributed by atoms with Gasteiger partial charge in [0.15, 0.2) is 5.96 Å². The zero-order chi connectivity index (χ0) is 18.4. The van der Waals surface area contributed by atoms with Crippen LogP contribution < -0.4 is 10.6 Å². The average Bonchev–Trinajstić information content (AvgIpc) is 3.10. The number of rotatable bonds is 5. The highest BCUT2D eigenvalue weighted by atomic mass is 127. The molecule has 0 aromatic carbocycles. The molecule has 26 heavy (non-hydrogen) atoms. The maximum atomic E-state index is 11.9. The fourth-order valence-corrected chi connectivity index (χ4v) is 3.29. The lowest BCUT2D eigenvalue weighted by molar-refractivity contribution is -0.132. The normalized spacial score (nSPS) is 18.8. The Balaban J connectivity index is 0.00000338. The van der Waals surface area contributed by atoms with Gasteiger partial charge in [-0.25, -0.2) is 4.99 Å². The minimum absolute atomic E-state index is 0. The molecule has 2 N–H and O–H groups in total. The number of aliphatic imine (C=N–C) groups is 1. The summed E-state index contributed by atoms with van der Waals surface area (Å²) in [4.78, 5) is 32.4. The fourth-order valence-electron chi connectivity index (χ4n) is 2.56. The molecule has 2 unspecified atom stereocenters. The molecule has 0 bridgehead atoms. The Kier molecular flexibility index (Phi) is 9.34. The molecule has 1 aromatic rings. The van der Waals surface area contributed by atoms with E-state index < -0.39 is 0 Å². The number of carbonyl (C=O) groups excluding carboxylic acids is 2. The molecule has 7 nitrogen and oxygen atoms in total. The van der Waals surface area contributed by atoms with Crippen molar-refractivity contribution in [2.24, 2.45) is 4.99 Å². The molecule has 1 aliphatic heterocycles. The van der Waals surface area contributed by atoms with Crippen molar-refractivity contribution >= 4 is 53.1 Å². The quantitative estimate of drug-likeness (QED) is 0.372. The van der Waals surface area contributed by atoms with E-state index in [1.807, 2.05) is 18.5 Å². The van der Waals surface area contributed by atoms with Gasteiger partial charge in [-0.15, -0.1) is 35.3 Å². The second kappa shape index (κ2) is 10.7. The van der Waals surface area contributed by atoms with Gasteiger partial charge in [-0.2, -0.15) is 0 Å². The van der Waals surface area contributed by atoms with Crippen molar-refractivity contribution in [3.63, 3.8) is 0 Å². The largest absolute Gasteiger partial charge is 0.352 e. The van der Waals surface area contributed by atoms with Crippen LogP contribution in [0, 0.1) is 0 Å². The van der Waals surface area contributed by atoms with Crippen LogP contribution in [0.15, 0.2) is 22.5 Å². The third kappa shape index (κ3) is 6.75. The Bertz CT molecular complexity index is 621. The summed E-state index contributed by atoms with van der Waals surface area (Å²) in [5.74, 6) is 0.712. The Labute approximate surface area is 176 Å². The van der Waals surface area contributed by atoms with E-state index in [1.165, 1.54) is 9.78 Å². The molecule has 0 saturated carbocycles. The summed E-state index contributed by atoms with van der Waals surface area (Å²) in [6.07, 6.45) is 1.29. The number of hydrogen-bond donors (Lipinski definition) is 2. The van der Waals surface area contributed by atoms with E-state index in [9.17, 15) is 9.59 Å². The number of likely N-dealkylation sites (N-methyl/N-ethyl adjacent to an activating group) is 2. The first-order valence-corrected chi connectivity index (χ1v) is 9.29. The number of guanidine groups is 1. The van der Waals surface area contributed by atoms with Crippen molar-refractivity contribution in [1.82, 2.24) is 20.4 Å². The second-order valence-corrected chi connectivity index (χ2v) is 7.47. The minimum Gasteiger partial charge on any atom is -0.352 e. The number of nitrogens with one attached hydrogen (secondary N) is 2. The summed E-state index contributed by atoms with van der Waals surface area (Å²) >= 11 is 1.68. The number of thiophene rings is 1. The number of carbonyl (C=O) groups is 2. The fraction of sp³-hybridized carbons (Fsp3) is 0.588. The Hall–Kier alpha value is -1.36. The van der Waals surface area contributed by atoms with Gasteiger partial charge >= 0.3 is 0 Å². The van der Waals surface area contributed by atoms with E-state index in [0.29, 0.717) is 18.9 Å². The zero-order valence-corrected chi connectivity index (χ0v) is 18.8. The summed E-state index contributed by atoms with van der Waals surface area (Å²) in [6.45, 7) is 2.78. The van der Waals surface area contributed by atoms with Crippen molar-refractivity contribution < 1.29 is 9.59 Å². The number of piperidine rings is 1. The number of amides is 2. The summed E-state index contributed by atoms with van der Waals surface area (Å²) in [7, 11) is 5.24. The molecule has 0 spiro atoms. The molecular formula is C17H28IN5O2S. The third-order valence-corrected chi connectivity index (χ3v) is 5.22. The minimum atomic E-state index is -0.0548. The number of hydrogen-bond acceptors (Lipinski definition) is 4. The summed E-state index contributed by atoms with van der Waals surface area (Å²) in [5, 5.41) is 8.77. The second-order valence-electron chi connectivity index (χ2n) is 6.49. The van der Waals surface area contributed by atoms with Crippen molar-refractivity contribution in [3.8, 4) is 0 Å². The highest BCUT2D eigenvalue weighted by Crippen LogP contribution is 2.18. The van der Waals surface area contributed by atoms with E-state index in [4.69, 9.17) is 0 Å². The van der Waals surface area contributed by atoms with Crippen LogP contribution in [0.25, 0.3) is 0 Å². The SMILES string of the molecule is CC(NC(=NCC(=O)N(C)C)NC1CCC(=O)N(C)C1)c1cccs1.I. The van der Waals surface area contributed by atoms with Crippen LogP contribution >= 0.6 is 35.3 Å². The summed E-state index contributed by atoms with van der Waals surface area (Å²) < 4.78 is 0. The molecule has 0 radical (unpaired) electrons. The van der Waals surface area contributed by atoms with Crippen LogP contribution in [-0.4, -0.2) is 67.8 Å². The predicted octanol–water partition coefficient (Wildman–Crippen LogP) is 1.67. The van der Waals surface area contributed by atoms with Crippen molar-refractivity contribution in [3.05, 3.63) is 22.4 Å². The van der Waals surface area contributed by atoms with Gasteiger partial charge in [-0.3, -0.25) is 9.59 Å². The van der Waals surface area contributed by atoms with Crippen LogP contribution in [0.1, 0.15) is 30.7 Å². The number of nitrogens with zero attached hydrogens (tertiary/aromatic N) is 3. The maximum Gasteiger partial charge on any atom is 0.243 e. The number of halogens is 1. The van der Waals surface area contributed by atoms with Gasteiger partial charge in [-0.05, 0) is 24.8 Å². The Morgan fingerprint density at radius 3 is 2.81 bits per heavy atom. The molecule has 9 heteroatoms. The van der Waals surface area contributed by atoms with Crippen molar-refractivity contribution in [2.75, 3.05) is 34.2 Å². The van der Waals surface area contributed by atoms with Gasteiger partial charge in [0, 0.05) is 45.0 Å². The van der Waals surface area contributed by atoms with Crippen LogP contribution in [0.3, 0.4) is 0 Å². The van der Waals surface area contributed by atoms with Gasteiger partial charge in [0.1, 0.15) is 6.54 Å². The van der Waals surface area contributed by atoms with Crippen LogP contribution in [-0.2, 0) is 9.59 Å². The molecule has 146 valence electrons. The molecule has 1 fully saturated rings. The molecule has 1 aromatic heterocycles.